The van der Waals surface area contributed by atoms with Crippen molar-refractivity contribution in [2.75, 3.05) is 13.2 Å². The molecule has 0 aromatic heterocycles. The maximum atomic E-state index is 11.4. The van der Waals surface area contributed by atoms with Gasteiger partial charge < -0.3 is 14.6 Å². The smallest absolute Gasteiger partial charge is 0.334 e. The fourth-order valence-corrected chi connectivity index (χ4v) is 1.69. The third-order valence-electron chi connectivity index (χ3n) is 2.51. The van der Waals surface area contributed by atoms with Crippen LogP contribution in [0.2, 0.25) is 5.02 Å². The first-order valence-corrected chi connectivity index (χ1v) is 7.07. The molecule has 0 bridgehead atoms. The molecular weight excluding hydrogens is 292 g/mol. The highest BCUT2D eigenvalue weighted by Gasteiger charge is 2.05. The fourth-order valence-electron chi connectivity index (χ4n) is 1.56. The molecule has 1 N–H and O–H groups in total. The van der Waals surface area contributed by atoms with Gasteiger partial charge in [-0.25, -0.2) is 4.79 Å². The number of aliphatic hydroxyl groups excluding tert-OH is 1. The van der Waals surface area contributed by atoms with E-state index >= 15 is 0 Å². The Kier molecular flexibility index (Phi) is 7.58. The van der Waals surface area contributed by atoms with E-state index in [1.165, 1.54) is 12.2 Å². The molecule has 0 heterocycles. The van der Waals surface area contributed by atoms with Crippen molar-refractivity contribution >= 4 is 17.6 Å². The topological polar surface area (TPSA) is 55.8 Å². The molecule has 21 heavy (non-hydrogen) atoms. The monoisotopic (exact) mass is 310 g/mol. The average molecular weight is 311 g/mol. The molecule has 114 valence electrons. The quantitative estimate of drug-likeness (QED) is 0.363. The van der Waals surface area contributed by atoms with Gasteiger partial charge in [-0.15, -0.1) is 0 Å². The maximum Gasteiger partial charge on any atom is 0.334 e. The number of esters is 1. The van der Waals surface area contributed by atoms with Crippen molar-refractivity contribution in [2.24, 2.45) is 0 Å². The van der Waals surface area contributed by atoms with Crippen LogP contribution in [-0.4, -0.2) is 24.3 Å². The van der Waals surface area contributed by atoms with Crippen LogP contribution < -0.4 is 0 Å². The number of ether oxygens (including phenoxy) is 2. The number of benzene rings is 1. The standard InChI is InChI=1S/C16H19ClO4/c1-3-20-14(11-16(19)21-4-2)9-10-15(18)12-5-7-13(17)8-6-12/h5-11,15,18H,3-4H2,1-2H3/b10-9+,14-11-. The Labute approximate surface area is 129 Å². The van der Waals surface area contributed by atoms with E-state index in [1.807, 2.05) is 6.92 Å². The zero-order valence-electron chi connectivity index (χ0n) is 12.1. The van der Waals surface area contributed by atoms with E-state index in [2.05, 4.69) is 0 Å². The molecule has 0 aliphatic carbocycles. The number of hydrogen-bond donors (Lipinski definition) is 1. The molecule has 1 unspecified atom stereocenters. The second-order valence-electron chi connectivity index (χ2n) is 4.09. The fraction of sp³-hybridized carbons (Fsp3) is 0.312. The first-order chi connectivity index (χ1) is 10.1. The van der Waals surface area contributed by atoms with Crippen LogP contribution >= 0.6 is 11.6 Å². The number of carbonyl (C=O) groups is 1. The zero-order valence-corrected chi connectivity index (χ0v) is 12.8. The molecule has 5 heteroatoms. The predicted octanol–water partition coefficient (Wildman–Crippen LogP) is 3.41. The molecule has 1 aromatic carbocycles. The second-order valence-corrected chi connectivity index (χ2v) is 4.52. The van der Waals surface area contributed by atoms with E-state index in [4.69, 9.17) is 21.1 Å². The third kappa shape index (κ3) is 6.47. The Hall–Kier alpha value is -1.78. The highest BCUT2D eigenvalue weighted by atomic mass is 35.5. The third-order valence-corrected chi connectivity index (χ3v) is 2.76. The molecule has 1 rings (SSSR count). The normalized spacial score (nSPS) is 13.2. The first kappa shape index (κ1) is 17.3. The van der Waals surface area contributed by atoms with E-state index < -0.39 is 12.1 Å². The van der Waals surface area contributed by atoms with E-state index in [0.29, 0.717) is 29.6 Å². The highest BCUT2D eigenvalue weighted by Crippen LogP contribution is 2.18. The van der Waals surface area contributed by atoms with E-state index in [1.54, 1.807) is 37.3 Å². The van der Waals surface area contributed by atoms with Crippen LogP contribution in [0.5, 0.6) is 0 Å². The number of rotatable bonds is 7. The van der Waals surface area contributed by atoms with Gasteiger partial charge in [0, 0.05) is 5.02 Å². The number of allylic oxidation sites excluding steroid dienone is 1. The van der Waals surface area contributed by atoms with Gasteiger partial charge in [-0.1, -0.05) is 23.7 Å². The summed E-state index contributed by atoms with van der Waals surface area (Å²) in [4.78, 5) is 11.4. The van der Waals surface area contributed by atoms with Crippen molar-refractivity contribution in [1.82, 2.24) is 0 Å². The van der Waals surface area contributed by atoms with Crippen molar-refractivity contribution in [3.8, 4) is 0 Å². The molecule has 4 nitrogen and oxygen atoms in total. The van der Waals surface area contributed by atoms with Crippen LogP contribution in [-0.2, 0) is 14.3 Å². The van der Waals surface area contributed by atoms with Gasteiger partial charge in [0.05, 0.1) is 25.4 Å². The second kappa shape index (κ2) is 9.21. The van der Waals surface area contributed by atoms with Crippen molar-refractivity contribution in [3.63, 3.8) is 0 Å². The highest BCUT2D eigenvalue weighted by molar-refractivity contribution is 6.30. The summed E-state index contributed by atoms with van der Waals surface area (Å²) in [6.45, 7) is 4.24. The van der Waals surface area contributed by atoms with Crippen molar-refractivity contribution < 1.29 is 19.4 Å². The van der Waals surface area contributed by atoms with Crippen LogP contribution in [0.3, 0.4) is 0 Å². The zero-order chi connectivity index (χ0) is 15.7. The molecule has 0 amide bonds. The molecule has 0 aliphatic heterocycles. The Balaban J connectivity index is 2.77. The first-order valence-electron chi connectivity index (χ1n) is 6.69. The minimum atomic E-state index is -0.812. The van der Waals surface area contributed by atoms with Crippen LogP contribution in [0.1, 0.15) is 25.5 Å². The van der Waals surface area contributed by atoms with Gasteiger partial charge in [-0.05, 0) is 43.7 Å². The number of carbonyl (C=O) groups excluding carboxylic acids is 1. The van der Waals surface area contributed by atoms with Gasteiger partial charge in [0.15, 0.2) is 0 Å². The molecule has 0 fully saturated rings. The maximum absolute atomic E-state index is 11.4. The summed E-state index contributed by atoms with van der Waals surface area (Å²) in [6, 6.07) is 6.86. The Morgan fingerprint density at radius 3 is 2.43 bits per heavy atom. The molecule has 0 radical (unpaired) electrons. The summed E-state index contributed by atoms with van der Waals surface area (Å²) in [5.41, 5.74) is 0.697. The van der Waals surface area contributed by atoms with Gasteiger partial charge in [0.2, 0.25) is 0 Å². The number of hydrogen-bond acceptors (Lipinski definition) is 4. The molecule has 1 aromatic rings. The summed E-state index contributed by atoms with van der Waals surface area (Å²) in [5, 5.41) is 10.6. The van der Waals surface area contributed by atoms with Crippen molar-refractivity contribution in [3.05, 3.63) is 58.8 Å². The van der Waals surface area contributed by atoms with Gasteiger partial charge in [0.1, 0.15) is 5.76 Å². The van der Waals surface area contributed by atoms with E-state index in [-0.39, 0.29) is 0 Å². The lowest BCUT2D eigenvalue weighted by Gasteiger charge is -2.07. The molecule has 0 saturated heterocycles. The number of halogens is 1. The Bertz CT molecular complexity index is 506. The summed E-state index contributed by atoms with van der Waals surface area (Å²) in [7, 11) is 0. The minimum Gasteiger partial charge on any atom is -0.494 e. The summed E-state index contributed by atoms with van der Waals surface area (Å²) in [6.07, 6.45) is 3.51. The number of aliphatic hydroxyl groups is 1. The lowest BCUT2D eigenvalue weighted by atomic mass is 10.1. The molecule has 0 spiro atoms. The van der Waals surface area contributed by atoms with Gasteiger partial charge in [-0.3, -0.25) is 0 Å². The predicted molar refractivity (Wildman–Crippen MR) is 81.9 cm³/mol. The molecule has 0 saturated carbocycles. The van der Waals surface area contributed by atoms with Crippen molar-refractivity contribution in [1.29, 1.82) is 0 Å². The SMILES string of the molecule is CCOC(=O)/C=C(/C=C/C(O)c1ccc(Cl)cc1)OCC. The Morgan fingerprint density at radius 2 is 1.86 bits per heavy atom. The van der Waals surface area contributed by atoms with Gasteiger partial charge in [-0.2, -0.15) is 0 Å². The van der Waals surface area contributed by atoms with Crippen LogP contribution in [0.15, 0.2) is 48.3 Å². The van der Waals surface area contributed by atoms with Gasteiger partial charge >= 0.3 is 5.97 Å². The van der Waals surface area contributed by atoms with Crippen LogP contribution in [0.4, 0.5) is 0 Å². The molecular formula is C16H19ClO4. The lowest BCUT2D eigenvalue weighted by Crippen LogP contribution is -2.02. The van der Waals surface area contributed by atoms with E-state index in [9.17, 15) is 9.90 Å². The average Bonchev–Trinajstić information content (AvgIpc) is 2.45. The molecule has 1 atom stereocenters. The minimum absolute atomic E-state index is 0.297. The van der Waals surface area contributed by atoms with Gasteiger partial charge in [0.25, 0.3) is 0 Å². The summed E-state index contributed by atoms with van der Waals surface area (Å²) < 4.78 is 10.1. The summed E-state index contributed by atoms with van der Waals surface area (Å²) in [5.74, 6) is -0.143. The lowest BCUT2D eigenvalue weighted by molar-refractivity contribution is -0.137. The largest absolute Gasteiger partial charge is 0.494 e. The van der Waals surface area contributed by atoms with E-state index in [0.717, 1.165) is 0 Å². The Morgan fingerprint density at radius 1 is 1.24 bits per heavy atom. The molecule has 0 aliphatic rings. The summed E-state index contributed by atoms with van der Waals surface area (Å²) >= 11 is 5.79. The van der Waals surface area contributed by atoms with Crippen molar-refractivity contribution in [2.45, 2.75) is 20.0 Å². The van der Waals surface area contributed by atoms with Crippen LogP contribution in [0.25, 0.3) is 0 Å². The van der Waals surface area contributed by atoms with Crippen LogP contribution in [0, 0.1) is 0 Å².